The summed E-state index contributed by atoms with van der Waals surface area (Å²) >= 11 is 4.38. The molecule has 8 heteroatoms. The summed E-state index contributed by atoms with van der Waals surface area (Å²) in [4.78, 5) is 12.8. The van der Waals surface area contributed by atoms with E-state index >= 15 is 0 Å². The van der Waals surface area contributed by atoms with Gasteiger partial charge in [0.05, 0.1) is 5.69 Å². The zero-order valence-electron chi connectivity index (χ0n) is 10.3. The molecule has 0 spiro atoms. The number of fused-ring (bicyclic) bond motifs is 1. The van der Waals surface area contributed by atoms with Gasteiger partial charge in [-0.25, -0.2) is 0 Å². The lowest BCUT2D eigenvalue weighted by Gasteiger charge is -2.18. The lowest BCUT2D eigenvalue weighted by molar-refractivity contribution is -0.138. The van der Waals surface area contributed by atoms with Gasteiger partial charge in [0, 0.05) is 21.6 Å². The van der Waals surface area contributed by atoms with Gasteiger partial charge < -0.3 is 10.6 Å². The number of hydrogen-bond donors (Lipinski definition) is 1. The summed E-state index contributed by atoms with van der Waals surface area (Å²) in [6.45, 7) is -1.30. The second-order valence-corrected chi connectivity index (χ2v) is 6.23. The molecule has 2 rings (SSSR count). The minimum atomic E-state index is -4.43. The second kappa shape index (κ2) is 5.25. The fraction of sp³-hybridized carbons (Fsp3) is 0.250. The first-order chi connectivity index (χ1) is 9.19. The standard InChI is InChI=1S/C12H10BrF3N2OS/c1-18(5-12(14,15)16)11(19)10-9(17)7-3-2-6(13)4-8(7)20-10/h2-4H,5,17H2,1H3. The van der Waals surface area contributed by atoms with E-state index in [1.54, 1.807) is 18.2 Å². The van der Waals surface area contributed by atoms with Crippen LogP contribution in [-0.2, 0) is 0 Å². The molecule has 0 saturated carbocycles. The molecule has 1 amide bonds. The molecule has 0 aliphatic rings. The van der Waals surface area contributed by atoms with Gasteiger partial charge in [-0.2, -0.15) is 13.2 Å². The molecule has 0 saturated heterocycles. The van der Waals surface area contributed by atoms with Gasteiger partial charge in [-0.3, -0.25) is 4.79 Å². The number of alkyl halides is 3. The van der Waals surface area contributed by atoms with E-state index in [0.29, 0.717) is 10.3 Å². The fourth-order valence-electron chi connectivity index (χ4n) is 1.76. The summed E-state index contributed by atoms with van der Waals surface area (Å²) < 4.78 is 38.5. The number of carbonyl (C=O) groups excluding carboxylic acids is 1. The number of rotatable bonds is 2. The minimum absolute atomic E-state index is 0.129. The smallest absolute Gasteiger partial charge is 0.397 e. The van der Waals surface area contributed by atoms with Crippen LogP contribution in [0.5, 0.6) is 0 Å². The van der Waals surface area contributed by atoms with E-state index in [4.69, 9.17) is 5.73 Å². The van der Waals surface area contributed by atoms with Crippen molar-refractivity contribution in [1.82, 2.24) is 4.90 Å². The van der Waals surface area contributed by atoms with E-state index in [2.05, 4.69) is 15.9 Å². The minimum Gasteiger partial charge on any atom is -0.397 e. The van der Waals surface area contributed by atoms with E-state index in [0.717, 1.165) is 27.6 Å². The van der Waals surface area contributed by atoms with Crippen molar-refractivity contribution in [3.63, 3.8) is 0 Å². The molecule has 1 heterocycles. The lowest BCUT2D eigenvalue weighted by Crippen LogP contribution is -2.35. The molecular formula is C12H10BrF3N2OS. The summed E-state index contributed by atoms with van der Waals surface area (Å²) in [6.07, 6.45) is -4.43. The van der Waals surface area contributed by atoms with Gasteiger partial charge >= 0.3 is 6.18 Å². The van der Waals surface area contributed by atoms with Crippen molar-refractivity contribution in [2.75, 3.05) is 19.3 Å². The Morgan fingerprint density at radius 2 is 2.10 bits per heavy atom. The maximum atomic E-state index is 12.3. The predicted molar refractivity (Wildman–Crippen MR) is 77.0 cm³/mol. The van der Waals surface area contributed by atoms with Crippen LogP contribution in [0.4, 0.5) is 18.9 Å². The van der Waals surface area contributed by atoms with Gasteiger partial charge in [0.15, 0.2) is 0 Å². The largest absolute Gasteiger partial charge is 0.406 e. The Morgan fingerprint density at radius 3 is 2.70 bits per heavy atom. The molecule has 3 nitrogen and oxygen atoms in total. The van der Waals surface area contributed by atoms with Gasteiger partial charge in [0.25, 0.3) is 5.91 Å². The number of amides is 1. The van der Waals surface area contributed by atoms with Crippen LogP contribution in [-0.4, -0.2) is 30.6 Å². The topological polar surface area (TPSA) is 46.3 Å². The highest BCUT2D eigenvalue weighted by atomic mass is 79.9. The van der Waals surface area contributed by atoms with E-state index in [9.17, 15) is 18.0 Å². The van der Waals surface area contributed by atoms with Gasteiger partial charge in [-0.1, -0.05) is 22.0 Å². The van der Waals surface area contributed by atoms with Crippen molar-refractivity contribution in [3.8, 4) is 0 Å². The fourth-order valence-corrected chi connectivity index (χ4v) is 3.43. The molecule has 0 aliphatic carbocycles. The third-order valence-corrected chi connectivity index (χ3v) is 4.30. The zero-order chi connectivity index (χ0) is 15.1. The third-order valence-electron chi connectivity index (χ3n) is 2.65. The molecule has 0 atom stereocenters. The molecule has 1 aromatic carbocycles. The molecular weight excluding hydrogens is 357 g/mol. The normalized spacial score (nSPS) is 11.8. The van der Waals surface area contributed by atoms with E-state index in [1.165, 1.54) is 0 Å². The molecule has 0 unspecified atom stereocenters. The van der Waals surface area contributed by atoms with Crippen LogP contribution in [0.3, 0.4) is 0 Å². The van der Waals surface area contributed by atoms with Gasteiger partial charge in [-0.15, -0.1) is 11.3 Å². The first kappa shape index (κ1) is 15.1. The summed E-state index contributed by atoms with van der Waals surface area (Å²) in [7, 11) is 1.11. The molecule has 2 N–H and O–H groups in total. The molecule has 0 radical (unpaired) electrons. The average Bonchev–Trinajstić information content (AvgIpc) is 2.63. The quantitative estimate of drug-likeness (QED) is 0.876. The van der Waals surface area contributed by atoms with Gasteiger partial charge in [-0.05, 0) is 12.1 Å². The van der Waals surface area contributed by atoms with Crippen LogP contribution in [0, 0.1) is 0 Å². The number of nitrogen functional groups attached to an aromatic ring is 1. The summed E-state index contributed by atoms with van der Waals surface area (Å²) in [5.41, 5.74) is 6.08. The molecule has 20 heavy (non-hydrogen) atoms. The number of hydrogen-bond acceptors (Lipinski definition) is 3. The molecule has 0 fully saturated rings. The Balaban J connectivity index is 2.37. The Morgan fingerprint density at radius 1 is 1.45 bits per heavy atom. The first-order valence-corrected chi connectivity index (χ1v) is 7.10. The Bertz CT molecular complexity index is 669. The van der Waals surface area contributed by atoms with Crippen molar-refractivity contribution < 1.29 is 18.0 Å². The highest BCUT2D eigenvalue weighted by Crippen LogP contribution is 2.36. The Labute approximate surface area is 125 Å². The number of nitrogens with zero attached hydrogens (tertiary/aromatic N) is 1. The summed E-state index contributed by atoms with van der Waals surface area (Å²) in [5.74, 6) is -0.725. The van der Waals surface area contributed by atoms with Crippen molar-refractivity contribution >= 4 is 48.9 Å². The average molecular weight is 367 g/mol. The van der Waals surface area contributed by atoms with Gasteiger partial charge in [0.2, 0.25) is 0 Å². The van der Waals surface area contributed by atoms with Crippen LogP contribution in [0.1, 0.15) is 9.67 Å². The zero-order valence-corrected chi connectivity index (χ0v) is 12.7. The lowest BCUT2D eigenvalue weighted by atomic mass is 10.2. The number of nitrogens with two attached hydrogens (primary N) is 1. The van der Waals surface area contributed by atoms with Crippen molar-refractivity contribution in [3.05, 3.63) is 27.5 Å². The highest BCUT2D eigenvalue weighted by molar-refractivity contribution is 9.10. The summed E-state index contributed by atoms with van der Waals surface area (Å²) in [5, 5.41) is 0.668. The van der Waals surface area contributed by atoms with Crippen molar-refractivity contribution in [1.29, 1.82) is 0 Å². The van der Waals surface area contributed by atoms with Gasteiger partial charge in [0.1, 0.15) is 11.4 Å². The van der Waals surface area contributed by atoms with E-state index < -0.39 is 18.6 Å². The van der Waals surface area contributed by atoms with E-state index in [-0.39, 0.29) is 10.6 Å². The Kier molecular flexibility index (Phi) is 3.97. The second-order valence-electron chi connectivity index (χ2n) is 4.26. The molecule has 1 aromatic heterocycles. The highest BCUT2D eigenvalue weighted by Gasteiger charge is 2.32. The molecule has 0 bridgehead atoms. The Hall–Kier alpha value is -1.28. The van der Waals surface area contributed by atoms with Crippen LogP contribution in [0.15, 0.2) is 22.7 Å². The summed E-state index contributed by atoms with van der Waals surface area (Å²) in [6, 6.07) is 5.27. The third kappa shape index (κ3) is 3.06. The number of benzene rings is 1. The van der Waals surface area contributed by atoms with E-state index in [1.807, 2.05) is 0 Å². The van der Waals surface area contributed by atoms with Crippen molar-refractivity contribution in [2.45, 2.75) is 6.18 Å². The van der Waals surface area contributed by atoms with Crippen LogP contribution in [0.2, 0.25) is 0 Å². The predicted octanol–water partition coefficient (Wildman–Crippen LogP) is 3.88. The number of carbonyl (C=O) groups is 1. The van der Waals surface area contributed by atoms with Crippen LogP contribution in [0.25, 0.3) is 10.1 Å². The molecule has 0 aliphatic heterocycles. The molecule has 2 aromatic rings. The van der Waals surface area contributed by atoms with Crippen molar-refractivity contribution in [2.24, 2.45) is 0 Å². The van der Waals surface area contributed by atoms with Crippen LogP contribution >= 0.6 is 27.3 Å². The maximum absolute atomic E-state index is 12.3. The molecule has 108 valence electrons. The number of anilines is 1. The first-order valence-electron chi connectivity index (χ1n) is 5.49. The monoisotopic (exact) mass is 366 g/mol. The maximum Gasteiger partial charge on any atom is 0.406 e. The van der Waals surface area contributed by atoms with Crippen LogP contribution < -0.4 is 5.73 Å². The number of thiophene rings is 1. The SMILES string of the molecule is CN(CC(F)(F)F)C(=O)c1sc2cc(Br)ccc2c1N. The number of halogens is 4.